The number of methoxy groups -OCH3 is 1. The molecule has 0 spiro atoms. The molecule has 2 aromatic carbocycles. The van der Waals surface area contributed by atoms with E-state index in [2.05, 4.69) is 6.07 Å². The molecule has 0 heterocycles. The predicted molar refractivity (Wildman–Crippen MR) is 81.3 cm³/mol. The van der Waals surface area contributed by atoms with Crippen LogP contribution in [0.1, 0.15) is 5.56 Å². The maximum Gasteiger partial charge on any atom is 0.118 e. The number of nitrogens with two attached hydrogens (primary N) is 1. The fourth-order valence-corrected chi connectivity index (χ4v) is 2.93. The van der Waals surface area contributed by atoms with Gasteiger partial charge in [0.2, 0.25) is 0 Å². The minimum absolute atomic E-state index is 0.616. The number of halogens is 1. The van der Waals surface area contributed by atoms with E-state index in [4.69, 9.17) is 22.1 Å². The van der Waals surface area contributed by atoms with Crippen LogP contribution in [0.15, 0.2) is 52.3 Å². The fourth-order valence-electron chi connectivity index (χ4n) is 1.73. The van der Waals surface area contributed by atoms with Crippen LogP contribution in [0.4, 0.5) is 0 Å². The van der Waals surface area contributed by atoms with Crippen molar-refractivity contribution in [3.63, 3.8) is 0 Å². The second-order valence-corrected chi connectivity index (χ2v) is 5.62. The molecule has 0 saturated carbocycles. The molecule has 0 aliphatic heterocycles. The molecule has 2 rings (SSSR count). The summed E-state index contributed by atoms with van der Waals surface area (Å²) >= 11 is 7.91. The zero-order valence-corrected chi connectivity index (χ0v) is 12.3. The summed E-state index contributed by atoms with van der Waals surface area (Å²) in [6, 6.07) is 14.1. The van der Waals surface area contributed by atoms with Crippen molar-refractivity contribution in [2.45, 2.75) is 16.2 Å². The number of benzene rings is 2. The van der Waals surface area contributed by atoms with Crippen LogP contribution >= 0.6 is 23.4 Å². The lowest BCUT2D eigenvalue weighted by Gasteiger charge is -2.07. The van der Waals surface area contributed by atoms with Gasteiger partial charge >= 0.3 is 0 Å². The van der Waals surface area contributed by atoms with Crippen molar-refractivity contribution < 1.29 is 4.74 Å². The van der Waals surface area contributed by atoms with Crippen molar-refractivity contribution in [3.8, 4) is 5.75 Å². The van der Waals surface area contributed by atoms with Gasteiger partial charge in [0.1, 0.15) is 5.75 Å². The predicted octanol–water partition coefficient (Wildman–Crippen LogP) is 4.00. The summed E-state index contributed by atoms with van der Waals surface area (Å²) in [5, 5.41) is 0.781. The van der Waals surface area contributed by atoms with E-state index in [-0.39, 0.29) is 0 Å². The Hall–Kier alpha value is -1.16. The molecular formula is C15H16ClNOS. The Labute approximate surface area is 122 Å². The average molecular weight is 294 g/mol. The lowest BCUT2D eigenvalue weighted by Crippen LogP contribution is -2.02. The van der Waals surface area contributed by atoms with Crippen molar-refractivity contribution in [2.75, 3.05) is 13.7 Å². The molecular weight excluding hydrogens is 278 g/mol. The van der Waals surface area contributed by atoms with Gasteiger partial charge in [-0.25, -0.2) is 0 Å². The summed E-state index contributed by atoms with van der Waals surface area (Å²) in [6.45, 7) is 0.616. The van der Waals surface area contributed by atoms with Crippen LogP contribution in [0, 0.1) is 0 Å². The quantitative estimate of drug-likeness (QED) is 0.905. The smallest absolute Gasteiger partial charge is 0.118 e. The molecule has 2 nitrogen and oxygen atoms in total. The molecule has 0 unspecified atom stereocenters. The Bertz CT molecular complexity index is 542. The number of rotatable bonds is 5. The SMILES string of the molecule is COc1ccc(Sc2ccc(CCN)c(Cl)c2)cc1. The Balaban J connectivity index is 2.11. The van der Waals surface area contributed by atoms with E-state index < -0.39 is 0 Å². The van der Waals surface area contributed by atoms with Crippen LogP contribution in [0.3, 0.4) is 0 Å². The summed E-state index contributed by atoms with van der Waals surface area (Å²) in [6.07, 6.45) is 0.812. The van der Waals surface area contributed by atoms with Crippen LogP contribution in [0.2, 0.25) is 5.02 Å². The van der Waals surface area contributed by atoms with E-state index in [9.17, 15) is 0 Å². The van der Waals surface area contributed by atoms with Gasteiger partial charge in [0.15, 0.2) is 0 Å². The van der Waals surface area contributed by atoms with Gasteiger partial charge in [-0.15, -0.1) is 0 Å². The van der Waals surface area contributed by atoms with Crippen molar-refractivity contribution in [1.29, 1.82) is 0 Å². The van der Waals surface area contributed by atoms with Crippen LogP contribution < -0.4 is 10.5 Å². The van der Waals surface area contributed by atoms with E-state index in [0.717, 1.165) is 32.5 Å². The fraction of sp³-hybridized carbons (Fsp3) is 0.200. The molecule has 0 radical (unpaired) electrons. The highest BCUT2D eigenvalue weighted by Crippen LogP contribution is 2.31. The van der Waals surface area contributed by atoms with E-state index in [1.807, 2.05) is 36.4 Å². The molecule has 100 valence electrons. The summed E-state index contributed by atoms with van der Waals surface area (Å²) in [4.78, 5) is 2.28. The normalized spacial score (nSPS) is 10.5. The third kappa shape index (κ3) is 3.90. The number of hydrogen-bond acceptors (Lipinski definition) is 3. The minimum atomic E-state index is 0.616. The molecule has 4 heteroatoms. The van der Waals surface area contributed by atoms with Gasteiger partial charge in [-0.05, 0) is 54.9 Å². The molecule has 2 N–H and O–H groups in total. The monoisotopic (exact) mass is 293 g/mol. The van der Waals surface area contributed by atoms with Crippen LogP contribution in [0.5, 0.6) is 5.75 Å². The summed E-state index contributed by atoms with van der Waals surface area (Å²) in [7, 11) is 1.66. The Morgan fingerprint density at radius 3 is 2.37 bits per heavy atom. The Morgan fingerprint density at radius 2 is 1.79 bits per heavy atom. The third-order valence-electron chi connectivity index (χ3n) is 2.73. The van der Waals surface area contributed by atoms with Gasteiger partial charge in [0.25, 0.3) is 0 Å². The maximum atomic E-state index is 6.23. The van der Waals surface area contributed by atoms with Gasteiger partial charge in [-0.1, -0.05) is 29.4 Å². The van der Waals surface area contributed by atoms with Crippen LogP contribution in [-0.4, -0.2) is 13.7 Å². The van der Waals surface area contributed by atoms with Gasteiger partial charge in [0, 0.05) is 14.8 Å². The van der Waals surface area contributed by atoms with Crippen molar-refractivity contribution in [2.24, 2.45) is 5.73 Å². The first-order chi connectivity index (χ1) is 9.22. The van der Waals surface area contributed by atoms with Gasteiger partial charge in [0.05, 0.1) is 7.11 Å². The Kier molecular flexibility index (Phi) is 5.14. The van der Waals surface area contributed by atoms with E-state index >= 15 is 0 Å². The lowest BCUT2D eigenvalue weighted by atomic mass is 10.1. The molecule has 0 aliphatic rings. The zero-order valence-electron chi connectivity index (χ0n) is 10.7. The molecule has 0 aliphatic carbocycles. The highest BCUT2D eigenvalue weighted by atomic mass is 35.5. The Morgan fingerprint density at radius 1 is 1.11 bits per heavy atom. The number of ether oxygens (including phenoxy) is 1. The highest BCUT2D eigenvalue weighted by molar-refractivity contribution is 7.99. The topological polar surface area (TPSA) is 35.2 Å². The van der Waals surface area contributed by atoms with Gasteiger partial charge in [-0.3, -0.25) is 0 Å². The highest BCUT2D eigenvalue weighted by Gasteiger charge is 2.03. The first-order valence-corrected chi connectivity index (χ1v) is 7.23. The number of hydrogen-bond donors (Lipinski definition) is 1. The minimum Gasteiger partial charge on any atom is -0.497 e. The standard InChI is InChI=1S/C15H16ClNOS/c1-18-12-3-6-13(7-4-12)19-14-5-2-11(8-9-17)15(16)10-14/h2-7,10H,8-9,17H2,1H3. The van der Waals surface area contributed by atoms with E-state index in [1.54, 1.807) is 18.9 Å². The molecule has 0 saturated heterocycles. The summed E-state index contributed by atoms with van der Waals surface area (Å²) in [5.74, 6) is 0.862. The first-order valence-electron chi connectivity index (χ1n) is 6.03. The second kappa shape index (κ2) is 6.85. The van der Waals surface area contributed by atoms with Gasteiger partial charge < -0.3 is 10.5 Å². The summed E-state index contributed by atoms with van der Waals surface area (Å²) < 4.78 is 5.14. The molecule has 0 fully saturated rings. The summed E-state index contributed by atoms with van der Waals surface area (Å²) in [5.41, 5.74) is 6.64. The van der Waals surface area contributed by atoms with Crippen LogP contribution in [-0.2, 0) is 6.42 Å². The first kappa shape index (κ1) is 14.3. The maximum absolute atomic E-state index is 6.23. The molecule has 0 aromatic heterocycles. The lowest BCUT2D eigenvalue weighted by molar-refractivity contribution is 0.414. The molecule has 19 heavy (non-hydrogen) atoms. The second-order valence-electron chi connectivity index (χ2n) is 4.07. The molecule has 2 aromatic rings. The average Bonchev–Trinajstić information content (AvgIpc) is 2.43. The molecule has 0 bridgehead atoms. The molecule has 0 atom stereocenters. The van der Waals surface area contributed by atoms with Crippen molar-refractivity contribution in [3.05, 3.63) is 53.1 Å². The van der Waals surface area contributed by atoms with Crippen molar-refractivity contribution >= 4 is 23.4 Å². The molecule has 0 amide bonds. The largest absolute Gasteiger partial charge is 0.497 e. The zero-order chi connectivity index (χ0) is 13.7. The van der Waals surface area contributed by atoms with E-state index in [1.165, 1.54) is 0 Å². The van der Waals surface area contributed by atoms with Crippen LogP contribution in [0.25, 0.3) is 0 Å². The van der Waals surface area contributed by atoms with E-state index in [0.29, 0.717) is 6.54 Å². The third-order valence-corrected chi connectivity index (χ3v) is 4.08. The van der Waals surface area contributed by atoms with Gasteiger partial charge in [-0.2, -0.15) is 0 Å². The van der Waals surface area contributed by atoms with Crippen molar-refractivity contribution in [1.82, 2.24) is 0 Å².